The fourth-order valence-corrected chi connectivity index (χ4v) is 1.93. The molecule has 0 amide bonds. The van der Waals surface area contributed by atoms with E-state index < -0.39 is 24.2 Å². The maximum atomic E-state index is 11.5. The second kappa shape index (κ2) is 10.1. The lowest BCUT2D eigenvalue weighted by Crippen LogP contribution is -2.07. The highest BCUT2D eigenvalue weighted by Crippen LogP contribution is 2.10. The van der Waals surface area contributed by atoms with Gasteiger partial charge in [0.2, 0.25) is 0 Å². The van der Waals surface area contributed by atoms with E-state index in [1.807, 2.05) is 0 Å². The van der Waals surface area contributed by atoms with Crippen molar-refractivity contribution in [1.29, 1.82) is 0 Å². The Labute approximate surface area is 148 Å². The summed E-state index contributed by atoms with van der Waals surface area (Å²) in [6.07, 6.45) is 2.59. The third-order valence-electron chi connectivity index (χ3n) is 3.22. The number of rotatable bonds is 9. The van der Waals surface area contributed by atoms with Gasteiger partial charge in [-0.3, -0.25) is 9.59 Å². The molecule has 10 nitrogen and oxygen atoms in total. The number of esters is 2. The van der Waals surface area contributed by atoms with E-state index in [2.05, 4.69) is 18.9 Å². The van der Waals surface area contributed by atoms with Crippen LogP contribution in [0.15, 0.2) is 23.7 Å². The molecule has 0 N–H and O–H groups in total. The van der Waals surface area contributed by atoms with Gasteiger partial charge in [0.05, 0.1) is 0 Å². The van der Waals surface area contributed by atoms with Crippen LogP contribution in [-0.4, -0.2) is 50.7 Å². The van der Waals surface area contributed by atoms with E-state index in [0.717, 1.165) is 0 Å². The van der Waals surface area contributed by atoms with Crippen LogP contribution >= 0.6 is 0 Å². The van der Waals surface area contributed by atoms with E-state index in [-0.39, 0.29) is 39.3 Å². The van der Waals surface area contributed by atoms with E-state index in [9.17, 15) is 19.2 Å². The summed E-state index contributed by atoms with van der Waals surface area (Å²) < 4.78 is 28.3. The smallest absolute Gasteiger partial charge is 0.461 e. The summed E-state index contributed by atoms with van der Waals surface area (Å²) >= 11 is 0. The minimum Gasteiger partial charge on any atom is -0.461 e. The minimum atomic E-state index is -0.775. The predicted octanol–water partition coefficient (Wildman–Crippen LogP) is 1.73. The Kier molecular flexibility index (Phi) is 7.47. The molecule has 26 heavy (non-hydrogen) atoms. The van der Waals surface area contributed by atoms with Crippen molar-refractivity contribution in [2.24, 2.45) is 0 Å². The van der Waals surface area contributed by atoms with Gasteiger partial charge in [0.1, 0.15) is 24.7 Å². The zero-order valence-corrected chi connectivity index (χ0v) is 13.9. The molecule has 10 heteroatoms. The number of carbonyl (C=O) groups excluding carboxylic acids is 4. The molecule has 0 saturated carbocycles. The van der Waals surface area contributed by atoms with Crippen LogP contribution in [0.4, 0.5) is 9.59 Å². The quantitative estimate of drug-likeness (QED) is 0.337. The number of unbranched alkanes of at least 4 members (excludes halogenated alkanes) is 1. The maximum Gasteiger partial charge on any atom is 0.514 e. The van der Waals surface area contributed by atoms with Gasteiger partial charge in [-0.25, -0.2) is 9.59 Å². The Bertz CT molecular complexity index is 565. The third kappa shape index (κ3) is 7.24. The first kappa shape index (κ1) is 19.3. The van der Waals surface area contributed by atoms with Crippen LogP contribution in [0.2, 0.25) is 0 Å². The first-order chi connectivity index (χ1) is 12.5. The summed E-state index contributed by atoms with van der Waals surface area (Å²) in [5.41, 5.74) is 0. The maximum absolute atomic E-state index is 11.5. The van der Waals surface area contributed by atoms with Gasteiger partial charge in [-0.15, -0.1) is 0 Å². The van der Waals surface area contributed by atoms with Gasteiger partial charge in [-0.05, 0) is 25.0 Å². The van der Waals surface area contributed by atoms with E-state index in [0.29, 0.717) is 24.4 Å². The third-order valence-corrected chi connectivity index (χ3v) is 3.22. The van der Waals surface area contributed by atoms with E-state index >= 15 is 0 Å². The van der Waals surface area contributed by atoms with Crippen molar-refractivity contribution in [2.45, 2.75) is 25.7 Å². The largest absolute Gasteiger partial charge is 0.514 e. The van der Waals surface area contributed by atoms with Crippen molar-refractivity contribution in [3.63, 3.8) is 0 Å². The highest BCUT2D eigenvalue weighted by Gasteiger charge is 2.19. The lowest BCUT2D eigenvalue weighted by Gasteiger charge is -2.03. The Morgan fingerprint density at radius 1 is 0.808 bits per heavy atom. The summed E-state index contributed by atoms with van der Waals surface area (Å²) in [5.74, 6) is -0.236. The van der Waals surface area contributed by atoms with Crippen LogP contribution in [-0.2, 0) is 38.0 Å². The van der Waals surface area contributed by atoms with E-state index in [4.69, 9.17) is 9.47 Å². The Morgan fingerprint density at radius 3 is 1.58 bits per heavy atom. The van der Waals surface area contributed by atoms with Crippen LogP contribution in [0.25, 0.3) is 0 Å². The monoisotopic (exact) mass is 370 g/mol. The zero-order chi connectivity index (χ0) is 18.8. The molecule has 0 aromatic rings. The summed E-state index contributed by atoms with van der Waals surface area (Å²) in [7, 11) is 0. The fourth-order valence-electron chi connectivity index (χ4n) is 1.93. The molecule has 0 aromatic carbocycles. The highest BCUT2D eigenvalue weighted by atomic mass is 16.8. The van der Waals surface area contributed by atoms with Crippen molar-refractivity contribution in [3.05, 3.63) is 23.7 Å². The molecule has 0 aromatic heterocycles. The van der Waals surface area contributed by atoms with Crippen molar-refractivity contribution in [3.8, 4) is 0 Å². The van der Waals surface area contributed by atoms with Crippen LogP contribution in [0.5, 0.6) is 0 Å². The normalized spacial score (nSPS) is 18.9. The molecule has 2 fully saturated rings. The lowest BCUT2D eigenvalue weighted by molar-refractivity contribution is -0.144. The average Bonchev–Trinajstić information content (AvgIpc) is 3.20. The highest BCUT2D eigenvalue weighted by molar-refractivity contribution is 5.71. The molecule has 0 atom stereocenters. The molecular weight excluding hydrogens is 352 g/mol. The number of ether oxygens (including phenoxy) is 6. The van der Waals surface area contributed by atoms with Crippen molar-refractivity contribution >= 4 is 24.2 Å². The summed E-state index contributed by atoms with van der Waals surface area (Å²) in [6.45, 7) is 0.0286. The van der Waals surface area contributed by atoms with Gasteiger partial charge in [0.15, 0.2) is 13.2 Å². The van der Waals surface area contributed by atoms with Gasteiger partial charge >= 0.3 is 24.2 Å². The lowest BCUT2D eigenvalue weighted by atomic mass is 10.2. The second-order valence-corrected chi connectivity index (χ2v) is 5.20. The van der Waals surface area contributed by atoms with Crippen molar-refractivity contribution in [1.82, 2.24) is 0 Å². The number of cyclic esters (lactones) is 4. The Hall–Kier alpha value is -3.04. The van der Waals surface area contributed by atoms with E-state index in [1.165, 1.54) is 12.2 Å². The Morgan fingerprint density at radius 2 is 1.23 bits per heavy atom. The predicted molar refractivity (Wildman–Crippen MR) is 81.4 cm³/mol. The Balaban J connectivity index is 1.47. The molecule has 2 aliphatic rings. The van der Waals surface area contributed by atoms with E-state index in [1.54, 1.807) is 0 Å². The standard InChI is InChI=1S/C16H18O10/c17-13(21-7-5-11-9-23-15(19)25-11)3-1-2-4-14(18)22-8-6-12-10-24-16(20)26-12/h5-6H,1-4,7-10H2. The average molecular weight is 370 g/mol. The second-order valence-electron chi connectivity index (χ2n) is 5.20. The van der Waals surface area contributed by atoms with Crippen LogP contribution < -0.4 is 0 Å². The SMILES string of the molecule is O=C(CCCCC(=O)OCC=C1COC(=O)O1)OCC=C1COC(=O)O1. The fraction of sp³-hybridized carbons (Fsp3) is 0.500. The summed E-state index contributed by atoms with van der Waals surface area (Å²) in [5, 5.41) is 0. The molecule has 142 valence electrons. The summed E-state index contributed by atoms with van der Waals surface area (Å²) in [6, 6.07) is 0. The molecule has 2 aliphatic heterocycles. The molecule has 0 radical (unpaired) electrons. The number of carbonyl (C=O) groups is 4. The van der Waals surface area contributed by atoms with Gasteiger partial charge in [-0.1, -0.05) is 0 Å². The first-order valence-corrected chi connectivity index (χ1v) is 7.91. The summed E-state index contributed by atoms with van der Waals surface area (Å²) in [4.78, 5) is 44.3. The first-order valence-electron chi connectivity index (χ1n) is 7.91. The topological polar surface area (TPSA) is 124 Å². The van der Waals surface area contributed by atoms with Gasteiger partial charge in [-0.2, -0.15) is 0 Å². The number of hydrogen-bond donors (Lipinski definition) is 0. The molecule has 2 heterocycles. The van der Waals surface area contributed by atoms with Crippen molar-refractivity contribution in [2.75, 3.05) is 26.4 Å². The zero-order valence-electron chi connectivity index (χ0n) is 13.9. The van der Waals surface area contributed by atoms with Gasteiger partial charge in [0, 0.05) is 12.8 Å². The molecule has 0 bridgehead atoms. The molecule has 2 saturated heterocycles. The molecule has 0 aliphatic carbocycles. The molecule has 0 unspecified atom stereocenters. The van der Waals surface area contributed by atoms with Crippen LogP contribution in [0, 0.1) is 0 Å². The number of hydrogen-bond acceptors (Lipinski definition) is 10. The van der Waals surface area contributed by atoms with Crippen LogP contribution in [0.1, 0.15) is 25.7 Å². The van der Waals surface area contributed by atoms with Gasteiger partial charge < -0.3 is 28.4 Å². The molecule has 0 spiro atoms. The van der Waals surface area contributed by atoms with Crippen LogP contribution in [0.3, 0.4) is 0 Å². The molecular formula is C16H18O10. The van der Waals surface area contributed by atoms with Crippen molar-refractivity contribution < 1.29 is 47.6 Å². The minimum absolute atomic E-state index is 0.0181. The van der Waals surface area contributed by atoms with Gasteiger partial charge in [0.25, 0.3) is 0 Å². The molecule has 2 rings (SSSR count).